The molecule has 5 heteroatoms. The van der Waals surface area contributed by atoms with Gasteiger partial charge in [0, 0.05) is 5.56 Å². The number of rotatable bonds is 4. The molecule has 1 fully saturated rings. The molecule has 0 bridgehead atoms. The molecule has 1 saturated carbocycles. The molecule has 0 unspecified atom stereocenters. The van der Waals surface area contributed by atoms with Crippen LogP contribution in [0, 0.1) is 5.82 Å². The third-order valence-corrected chi connectivity index (χ3v) is 4.31. The van der Waals surface area contributed by atoms with Crippen LogP contribution in [0.15, 0.2) is 15.0 Å². The predicted molar refractivity (Wildman–Crippen MR) is 78.2 cm³/mol. The Balaban J connectivity index is 2.24. The van der Waals surface area contributed by atoms with Crippen molar-refractivity contribution in [3.63, 3.8) is 0 Å². The molecule has 102 valence electrons. The number of benzene rings is 1. The summed E-state index contributed by atoms with van der Waals surface area (Å²) in [6.07, 6.45) is 2.19. The third-order valence-electron chi connectivity index (χ3n) is 3.44. The van der Waals surface area contributed by atoms with E-state index in [0.29, 0.717) is 27.9 Å². The zero-order valence-electron chi connectivity index (χ0n) is 10.5. The van der Waals surface area contributed by atoms with Crippen LogP contribution in [0.5, 0.6) is 0 Å². The molecule has 1 aromatic heterocycles. The largest absolute Gasteiger partial charge is 0.458 e. The lowest BCUT2D eigenvalue weighted by molar-refractivity contribution is 0.512. The van der Waals surface area contributed by atoms with Gasteiger partial charge >= 0.3 is 0 Å². The van der Waals surface area contributed by atoms with Gasteiger partial charge < -0.3 is 9.73 Å². The van der Waals surface area contributed by atoms with E-state index >= 15 is 0 Å². The van der Waals surface area contributed by atoms with E-state index in [0.717, 1.165) is 30.7 Å². The standard InChI is InChI=1S/C14H14BrClFNO/c1-2-18-6-10-11(7-3-4-7)12-13(17)9(16)5-8(15)14(12)19-10/h5,7,18H,2-4,6H2,1H3. The first-order valence-electron chi connectivity index (χ1n) is 6.43. The molecule has 1 heterocycles. The molecule has 0 spiro atoms. The molecular weight excluding hydrogens is 333 g/mol. The Hall–Kier alpha value is -0.580. The lowest BCUT2D eigenvalue weighted by atomic mass is 10.1. The van der Waals surface area contributed by atoms with Crippen molar-refractivity contribution in [2.75, 3.05) is 6.54 Å². The second-order valence-corrected chi connectivity index (χ2v) is 6.11. The Kier molecular flexibility index (Phi) is 3.58. The van der Waals surface area contributed by atoms with E-state index in [1.165, 1.54) is 0 Å². The molecule has 0 saturated heterocycles. The van der Waals surface area contributed by atoms with Crippen LogP contribution >= 0.6 is 27.5 Å². The van der Waals surface area contributed by atoms with E-state index < -0.39 is 0 Å². The molecule has 0 radical (unpaired) electrons. The molecular formula is C14H14BrClFNO. The molecule has 2 nitrogen and oxygen atoms in total. The van der Waals surface area contributed by atoms with Gasteiger partial charge in [-0.25, -0.2) is 4.39 Å². The summed E-state index contributed by atoms with van der Waals surface area (Å²) >= 11 is 9.34. The van der Waals surface area contributed by atoms with Crippen molar-refractivity contribution >= 4 is 38.5 Å². The summed E-state index contributed by atoms with van der Waals surface area (Å²) < 4.78 is 20.9. The zero-order chi connectivity index (χ0) is 13.6. The summed E-state index contributed by atoms with van der Waals surface area (Å²) in [5.74, 6) is 0.879. The van der Waals surface area contributed by atoms with Gasteiger partial charge in [-0.2, -0.15) is 0 Å². The Morgan fingerprint density at radius 3 is 2.89 bits per heavy atom. The van der Waals surface area contributed by atoms with Crippen LogP contribution in [0.3, 0.4) is 0 Å². The number of hydrogen-bond acceptors (Lipinski definition) is 2. The van der Waals surface area contributed by atoms with Gasteiger partial charge in [-0.3, -0.25) is 0 Å². The van der Waals surface area contributed by atoms with Gasteiger partial charge in [-0.15, -0.1) is 0 Å². The predicted octanol–water partition coefficient (Wildman–Crippen LogP) is 4.97. The SMILES string of the molecule is CCNCc1oc2c(Br)cc(Cl)c(F)c2c1C1CC1. The summed E-state index contributed by atoms with van der Waals surface area (Å²) in [6, 6.07) is 1.55. The second kappa shape index (κ2) is 5.08. The first kappa shape index (κ1) is 13.4. The van der Waals surface area contributed by atoms with Crippen molar-refractivity contribution in [1.29, 1.82) is 0 Å². The van der Waals surface area contributed by atoms with Crippen LogP contribution in [0.4, 0.5) is 4.39 Å². The smallest absolute Gasteiger partial charge is 0.153 e. The fourth-order valence-corrected chi connectivity index (χ4v) is 3.25. The van der Waals surface area contributed by atoms with Gasteiger partial charge in [-0.05, 0) is 47.3 Å². The summed E-state index contributed by atoms with van der Waals surface area (Å²) in [4.78, 5) is 0. The van der Waals surface area contributed by atoms with Gasteiger partial charge in [0.1, 0.15) is 5.76 Å². The van der Waals surface area contributed by atoms with Crippen molar-refractivity contribution in [1.82, 2.24) is 5.32 Å². The van der Waals surface area contributed by atoms with Gasteiger partial charge in [0.15, 0.2) is 11.4 Å². The van der Waals surface area contributed by atoms with Crippen LogP contribution in [0.1, 0.15) is 37.0 Å². The van der Waals surface area contributed by atoms with Crippen molar-refractivity contribution in [2.24, 2.45) is 0 Å². The Morgan fingerprint density at radius 1 is 1.53 bits per heavy atom. The van der Waals surface area contributed by atoms with Crippen molar-refractivity contribution in [2.45, 2.75) is 32.2 Å². The molecule has 0 aliphatic heterocycles. The molecule has 1 aliphatic carbocycles. The highest BCUT2D eigenvalue weighted by Gasteiger charge is 2.33. The number of fused-ring (bicyclic) bond motifs is 1. The van der Waals surface area contributed by atoms with Gasteiger partial charge in [-0.1, -0.05) is 18.5 Å². The maximum atomic E-state index is 14.3. The Bertz CT molecular complexity index is 636. The first-order chi connectivity index (χ1) is 9.13. The molecule has 1 N–H and O–H groups in total. The van der Waals surface area contributed by atoms with Crippen LogP contribution in [0.25, 0.3) is 11.0 Å². The van der Waals surface area contributed by atoms with E-state index in [2.05, 4.69) is 21.2 Å². The molecule has 2 aromatic rings. The zero-order valence-corrected chi connectivity index (χ0v) is 12.9. The van der Waals surface area contributed by atoms with Gasteiger partial charge in [0.25, 0.3) is 0 Å². The van der Waals surface area contributed by atoms with E-state index in [1.54, 1.807) is 6.07 Å². The second-order valence-electron chi connectivity index (χ2n) is 4.85. The minimum Gasteiger partial charge on any atom is -0.458 e. The maximum absolute atomic E-state index is 14.3. The highest BCUT2D eigenvalue weighted by atomic mass is 79.9. The van der Waals surface area contributed by atoms with E-state index in [9.17, 15) is 4.39 Å². The van der Waals surface area contributed by atoms with Crippen molar-refractivity contribution in [3.05, 3.63) is 32.7 Å². The highest BCUT2D eigenvalue weighted by Crippen LogP contribution is 2.48. The van der Waals surface area contributed by atoms with Crippen LogP contribution in [-0.2, 0) is 6.54 Å². The number of hydrogen-bond donors (Lipinski definition) is 1. The van der Waals surface area contributed by atoms with Gasteiger partial charge in [0.2, 0.25) is 0 Å². The number of nitrogens with one attached hydrogen (secondary N) is 1. The van der Waals surface area contributed by atoms with Crippen LogP contribution < -0.4 is 5.32 Å². The fraction of sp³-hybridized carbons (Fsp3) is 0.429. The normalized spacial score (nSPS) is 15.4. The van der Waals surface area contributed by atoms with Crippen LogP contribution in [-0.4, -0.2) is 6.54 Å². The first-order valence-corrected chi connectivity index (χ1v) is 7.60. The maximum Gasteiger partial charge on any atom is 0.153 e. The fourth-order valence-electron chi connectivity index (χ4n) is 2.41. The van der Waals surface area contributed by atoms with E-state index in [4.69, 9.17) is 16.0 Å². The Labute approximate surface area is 124 Å². The van der Waals surface area contributed by atoms with E-state index in [1.807, 2.05) is 6.92 Å². The quantitative estimate of drug-likeness (QED) is 0.790. The summed E-state index contributed by atoms with van der Waals surface area (Å²) in [7, 11) is 0. The minimum atomic E-state index is -0.367. The lowest BCUT2D eigenvalue weighted by Gasteiger charge is -2.02. The molecule has 1 aliphatic rings. The topological polar surface area (TPSA) is 25.2 Å². The molecule has 0 atom stereocenters. The number of furan rings is 1. The van der Waals surface area contributed by atoms with Gasteiger partial charge in [0.05, 0.1) is 21.4 Å². The number of halogens is 3. The van der Waals surface area contributed by atoms with E-state index in [-0.39, 0.29) is 10.8 Å². The third kappa shape index (κ3) is 2.30. The van der Waals surface area contributed by atoms with Crippen LogP contribution in [0.2, 0.25) is 5.02 Å². The molecule has 3 rings (SSSR count). The van der Waals surface area contributed by atoms with Crippen molar-refractivity contribution < 1.29 is 8.81 Å². The Morgan fingerprint density at radius 2 is 2.26 bits per heavy atom. The monoisotopic (exact) mass is 345 g/mol. The average Bonchev–Trinajstić information content (AvgIpc) is 3.14. The molecule has 19 heavy (non-hydrogen) atoms. The molecule has 1 aromatic carbocycles. The summed E-state index contributed by atoms with van der Waals surface area (Å²) in [6.45, 7) is 3.51. The average molecular weight is 347 g/mol. The highest BCUT2D eigenvalue weighted by molar-refractivity contribution is 9.10. The minimum absolute atomic E-state index is 0.136. The van der Waals surface area contributed by atoms with Crippen molar-refractivity contribution in [3.8, 4) is 0 Å². The lowest BCUT2D eigenvalue weighted by Crippen LogP contribution is -2.12. The molecule has 0 amide bonds. The summed E-state index contributed by atoms with van der Waals surface area (Å²) in [5, 5.41) is 3.92. The summed E-state index contributed by atoms with van der Waals surface area (Å²) in [5.41, 5.74) is 1.56.